The van der Waals surface area contributed by atoms with E-state index in [1.165, 1.54) is 0 Å². The van der Waals surface area contributed by atoms with Crippen LogP contribution in [0.5, 0.6) is 0 Å². The quantitative estimate of drug-likeness (QED) is 0.811. The maximum atomic E-state index is 12.0. The van der Waals surface area contributed by atoms with Gasteiger partial charge in [-0.15, -0.1) is 0 Å². The number of anilines is 2. The number of hydrogen-bond acceptors (Lipinski definition) is 3. The standard InChI is InChI=1S/C14H23N3O/c1-5-17(6-2)14(18)10-16(4)12-7-8-13(15)11(3)9-12/h7-9H,5-6,10,15H2,1-4H3. The number of carbonyl (C=O) groups is 1. The van der Waals surface area contributed by atoms with Crippen molar-refractivity contribution in [3.8, 4) is 0 Å². The van der Waals surface area contributed by atoms with Gasteiger partial charge < -0.3 is 15.5 Å². The van der Waals surface area contributed by atoms with E-state index in [0.717, 1.165) is 30.0 Å². The molecule has 1 aromatic rings. The highest BCUT2D eigenvalue weighted by atomic mass is 16.2. The Bertz CT molecular complexity index is 414. The number of hydrogen-bond donors (Lipinski definition) is 1. The second kappa shape index (κ2) is 6.28. The molecule has 0 saturated carbocycles. The van der Waals surface area contributed by atoms with Gasteiger partial charge in [0.1, 0.15) is 0 Å². The highest BCUT2D eigenvalue weighted by molar-refractivity contribution is 5.81. The predicted molar refractivity (Wildman–Crippen MR) is 76.8 cm³/mol. The second-order valence-corrected chi connectivity index (χ2v) is 4.46. The van der Waals surface area contributed by atoms with Crippen molar-refractivity contribution < 1.29 is 4.79 Å². The van der Waals surface area contributed by atoms with Gasteiger partial charge in [0.15, 0.2) is 0 Å². The summed E-state index contributed by atoms with van der Waals surface area (Å²) >= 11 is 0. The molecule has 0 fully saturated rings. The lowest BCUT2D eigenvalue weighted by molar-refractivity contribution is -0.129. The fraction of sp³-hybridized carbons (Fsp3) is 0.500. The van der Waals surface area contributed by atoms with Crippen molar-refractivity contribution in [3.05, 3.63) is 23.8 Å². The first-order chi connectivity index (χ1) is 8.49. The molecule has 0 radical (unpaired) electrons. The highest BCUT2D eigenvalue weighted by Gasteiger charge is 2.13. The molecule has 0 aliphatic heterocycles. The monoisotopic (exact) mass is 249 g/mol. The minimum Gasteiger partial charge on any atom is -0.399 e. The Morgan fingerprint density at radius 2 is 1.89 bits per heavy atom. The van der Waals surface area contributed by atoms with E-state index in [4.69, 9.17) is 5.73 Å². The summed E-state index contributed by atoms with van der Waals surface area (Å²) in [5.74, 6) is 0.150. The lowest BCUT2D eigenvalue weighted by Gasteiger charge is -2.24. The number of nitrogen functional groups attached to an aromatic ring is 1. The molecule has 0 bridgehead atoms. The van der Waals surface area contributed by atoms with Gasteiger partial charge in [-0.2, -0.15) is 0 Å². The normalized spacial score (nSPS) is 10.2. The smallest absolute Gasteiger partial charge is 0.242 e. The number of carbonyl (C=O) groups excluding carboxylic acids is 1. The van der Waals surface area contributed by atoms with Crippen molar-refractivity contribution in [2.24, 2.45) is 0 Å². The molecule has 0 saturated heterocycles. The van der Waals surface area contributed by atoms with Gasteiger partial charge in [-0.25, -0.2) is 0 Å². The Morgan fingerprint density at radius 1 is 1.28 bits per heavy atom. The van der Waals surface area contributed by atoms with Crippen LogP contribution in [-0.4, -0.2) is 37.5 Å². The molecule has 1 amide bonds. The molecule has 18 heavy (non-hydrogen) atoms. The van der Waals surface area contributed by atoms with Crippen LogP contribution in [0.2, 0.25) is 0 Å². The molecule has 1 aromatic carbocycles. The number of rotatable bonds is 5. The van der Waals surface area contributed by atoms with E-state index >= 15 is 0 Å². The first-order valence-corrected chi connectivity index (χ1v) is 6.34. The van der Waals surface area contributed by atoms with Gasteiger partial charge in [-0.1, -0.05) is 0 Å². The summed E-state index contributed by atoms with van der Waals surface area (Å²) in [6, 6.07) is 5.83. The molecule has 1 rings (SSSR count). The van der Waals surface area contributed by atoms with Crippen LogP contribution in [-0.2, 0) is 4.79 Å². The predicted octanol–water partition coefficient (Wildman–Crippen LogP) is 1.88. The molecule has 0 heterocycles. The maximum Gasteiger partial charge on any atom is 0.242 e. The molecule has 0 unspecified atom stereocenters. The van der Waals surface area contributed by atoms with E-state index < -0.39 is 0 Å². The van der Waals surface area contributed by atoms with E-state index in [-0.39, 0.29) is 5.91 Å². The summed E-state index contributed by atoms with van der Waals surface area (Å²) in [7, 11) is 1.92. The number of aryl methyl sites for hydroxylation is 1. The Morgan fingerprint density at radius 3 is 2.39 bits per heavy atom. The lowest BCUT2D eigenvalue weighted by atomic mass is 10.1. The van der Waals surface area contributed by atoms with Crippen molar-refractivity contribution in [1.82, 2.24) is 4.90 Å². The minimum absolute atomic E-state index is 0.150. The third-order valence-electron chi connectivity index (χ3n) is 3.18. The first-order valence-electron chi connectivity index (χ1n) is 6.34. The summed E-state index contributed by atoms with van der Waals surface area (Å²) < 4.78 is 0. The summed E-state index contributed by atoms with van der Waals surface area (Å²) in [5, 5.41) is 0. The van der Waals surface area contributed by atoms with E-state index in [1.807, 2.05) is 55.8 Å². The zero-order chi connectivity index (χ0) is 13.7. The minimum atomic E-state index is 0.150. The lowest BCUT2D eigenvalue weighted by Crippen LogP contribution is -2.38. The molecular weight excluding hydrogens is 226 g/mol. The molecule has 0 spiro atoms. The van der Waals surface area contributed by atoms with Gasteiger partial charge in [0.25, 0.3) is 0 Å². The van der Waals surface area contributed by atoms with Crippen molar-refractivity contribution in [2.45, 2.75) is 20.8 Å². The van der Waals surface area contributed by atoms with Crippen LogP contribution in [0.1, 0.15) is 19.4 Å². The third-order valence-corrected chi connectivity index (χ3v) is 3.18. The van der Waals surface area contributed by atoms with Crippen LogP contribution in [0.15, 0.2) is 18.2 Å². The third kappa shape index (κ3) is 3.39. The number of benzene rings is 1. The summed E-state index contributed by atoms with van der Waals surface area (Å²) in [6.07, 6.45) is 0. The fourth-order valence-corrected chi connectivity index (χ4v) is 1.87. The largest absolute Gasteiger partial charge is 0.399 e. The molecule has 0 aliphatic rings. The molecule has 4 nitrogen and oxygen atoms in total. The van der Waals surface area contributed by atoms with Gasteiger partial charge >= 0.3 is 0 Å². The molecule has 0 aliphatic carbocycles. The van der Waals surface area contributed by atoms with Crippen LogP contribution in [0.25, 0.3) is 0 Å². The van der Waals surface area contributed by atoms with Crippen LogP contribution < -0.4 is 10.6 Å². The first kappa shape index (κ1) is 14.4. The van der Waals surface area contributed by atoms with Gasteiger partial charge in [0.2, 0.25) is 5.91 Å². The zero-order valence-corrected chi connectivity index (χ0v) is 11.7. The van der Waals surface area contributed by atoms with Crippen molar-refractivity contribution in [2.75, 3.05) is 37.3 Å². The van der Waals surface area contributed by atoms with Gasteiger partial charge in [0, 0.05) is 31.5 Å². The zero-order valence-electron chi connectivity index (χ0n) is 11.7. The molecule has 100 valence electrons. The van der Waals surface area contributed by atoms with Crippen LogP contribution >= 0.6 is 0 Å². The average Bonchev–Trinajstić information content (AvgIpc) is 2.34. The van der Waals surface area contributed by atoms with E-state index in [0.29, 0.717) is 6.54 Å². The number of likely N-dealkylation sites (N-methyl/N-ethyl adjacent to an activating group) is 2. The fourth-order valence-electron chi connectivity index (χ4n) is 1.87. The number of nitrogens with zero attached hydrogens (tertiary/aromatic N) is 2. The van der Waals surface area contributed by atoms with Gasteiger partial charge in [-0.05, 0) is 44.5 Å². The molecular formula is C14H23N3O. The maximum absolute atomic E-state index is 12.0. The Hall–Kier alpha value is -1.71. The van der Waals surface area contributed by atoms with Crippen molar-refractivity contribution in [3.63, 3.8) is 0 Å². The number of amides is 1. The molecule has 0 aromatic heterocycles. The van der Waals surface area contributed by atoms with Crippen LogP contribution in [0, 0.1) is 6.92 Å². The SMILES string of the molecule is CCN(CC)C(=O)CN(C)c1ccc(N)c(C)c1. The Kier molecular flexibility index (Phi) is 5.01. The average molecular weight is 249 g/mol. The van der Waals surface area contributed by atoms with E-state index in [9.17, 15) is 4.79 Å². The van der Waals surface area contributed by atoms with E-state index in [2.05, 4.69) is 0 Å². The van der Waals surface area contributed by atoms with Gasteiger partial charge in [0.05, 0.1) is 6.54 Å². The number of nitrogens with two attached hydrogens (primary N) is 1. The molecule has 0 atom stereocenters. The second-order valence-electron chi connectivity index (χ2n) is 4.46. The van der Waals surface area contributed by atoms with Crippen molar-refractivity contribution in [1.29, 1.82) is 0 Å². The highest BCUT2D eigenvalue weighted by Crippen LogP contribution is 2.19. The van der Waals surface area contributed by atoms with Crippen LogP contribution in [0.4, 0.5) is 11.4 Å². The van der Waals surface area contributed by atoms with Crippen LogP contribution in [0.3, 0.4) is 0 Å². The summed E-state index contributed by atoms with van der Waals surface area (Å²) in [5.41, 5.74) is 8.62. The summed E-state index contributed by atoms with van der Waals surface area (Å²) in [6.45, 7) is 7.86. The van der Waals surface area contributed by atoms with E-state index in [1.54, 1.807) is 0 Å². The Balaban J connectivity index is 2.73. The Labute approximate surface area is 109 Å². The topological polar surface area (TPSA) is 49.6 Å². The van der Waals surface area contributed by atoms with Gasteiger partial charge in [-0.3, -0.25) is 4.79 Å². The summed E-state index contributed by atoms with van der Waals surface area (Å²) in [4.78, 5) is 15.8. The molecule has 2 N–H and O–H groups in total. The molecule has 4 heteroatoms. The van der Waals surface area contributed by atoms with Crippen molar-refractivity contribution >= 4 is 17.3 Å².